The molecule has 0 radical (unpaired) electrons. The monoisotopic (exact) mass is 415 g/mol. The van der Waals surface area contributed by atoms with Crippen molar-refractivity contribution in [2.24, 2.45) is 0 Å². The molecule has 0 saturated carbocycles. The Bertz CT molecular complexity index is 990. The summed E-state index contributed by atoms with van der Waals surface area (Å²) in [4.78, 5) is 20.7. The largest absolute Gasteiger partial charge is 0.343 e. The van der Waals surface area contributed by atoms with Crippen LogP contribution in [0.1, 0.15) is 11.4 Å². The fourth-order valence-electron chi connectivity index (χ4n) is 3.11. The highest BCUT2D eigenvalue weighted by Gasteiger charge is 2.24. The molecule has 0 unspecified atom stereocenters. The van der Waals surface area contributed by atoms with Crippen LogP contribution in [0.5, 0.6) is 0 Å². The summed E-state index contributed by atoms with van der Waals surface area (Å²) < 4.78 is 31.2. The average molecular weight is 415 g/mol. The van der Waals surface area contributed by atoms with Crippen molar-refractivity contribution < 1.29 is 13.6 Å². The Morgan fingerprint density at radius 2 is 1.83 bits per heavy atom. The number of hydrogen-bond acceptors (Lipinski definition) is 5. The molecule has 1 fully saturated rings. The van der Waals surface area contributed by atoms with E-state index < -0.39 is 17.7 Å². The minimum absolute atomic E-state index is 0.0338. The molecular formula is C20H19F2N5OS. The Labute approximate surface area is 171 Å². The molecule has 1 aromatic heterocycles. The van der Waals surface area contributed by atoms with Crippen LogP contribution in [-0.4, -0.2) is 46.5 Å². The molecule has 3 aromatic rings. The minimum Gasteiger partial charge on any atom is -0.343 e. The van der Waals surface area contributed by atoms with Gasteiger partial charge in [0.1, 0.15) is 17.5 Å². The van der Waals surface area contributed by atoms with E-state index in [0.29, 0.717) is 32.6 Å². The van der Waals surface area contributed by atoms with Crippen molar-refractivity contribution >= 4 is 28.4 Å². The maximum absolute atomic E-state index is 13.7. The van der Waals surface area contributed by atoms with Gasteiger partial charge in [0.15, 0.2) is 0 Å². The van der Waals surface area contributed by atoms with Crippen molar-refractivity contribution in [3.63, 3.8) is 0 Å². The summed E-state index contributed by atoms with van der Waals surface area (Å²) in [6, 6.07) is 12.7. The molecule has 2 heterocycles. The van der Waals surface area contributed by atoms with Gasteiger partial charge < -0.3 is 15.1 Å². The molecule has 0 spiro atoms. The first kappa shape index (κ1) is 19.3. The summed E-state index contributed by atoms with van der Waals surface area (Å²) in [6.45, 7) is 2.17. The molecule has 1 aliphatic rings. The average Bonchev–Trinajstić information content (AvgIpc) is 3.19. The topological polar surface area (TPSA) is 61.4 Å². The Kier molecular flexibility index (Phi) is 5.66. The molecule has 1 aliphatic heterocycles. The number of benzene rings is 2. The lowest BCUT2D eigenvalue weighted by Crippen LogP contribution is -2.50. The predicted molar refractivity (Wildman–Crippen MR) is 108 cm³/mol. The number of piperazine rings is 1. The van der Waals surface area contributed by atoms with Crippen LogP contribution in [-0.2, 0) is 6.42 Å². The second-order valence-electron chi connectivity index (χ2n) is 6.68. The maximum Gasteiger partial charge on any atom is 0.322 e. The highest BCUT2D eigenvalue weighted by atomic mass is 32.1. The van der Waals surface area contributed by atoms with E-state index in [0.717, 1.165) is 28.7 Å². The maximum atomic E-state index is 13.7. The zero-order valence-electron chi connectivity index (χ0n) is 15.5. The standard InChI is InChI=1S/C20H19F2N5OS/c21-15-6-7-17(16(22)13-15)23-19(28)26-8-10-27(11-9-26)20-24-18(25-29-20)12-14-4-2-1-3-5-14/h1-7,13H,8-12H2,(H,23,28). The van der Waals surface area contributed by atoms with Crippen molar-refractivity contribution in [3.05, 3.63) is 71.6 Å². The number of nitrogens with one attached hydrogen (secondary N) is 1. The lowest BCUT2D eigenvalue weighted by molar-refractivity contribution is 0.208. The van der Waals surface area contributed by atoms with Gasteiger partial charge in [-0.15, -0.1) is 0 Å². The molecule has 0 atom stereocenters. The third-order valence-corrected chi connectivity index (χ3v) is 5.49. The summed E-state index contributed by atoms with van der Waals surface area (Å²) >= 11 is 1.35. The summed E-state index contributed by atoms with van der Waals surface area (Å²) in [6.07, 6.45) is 0.683. The second kappa shape index (κ2) is 8.52. The molecular weight excluding hydrogens is 396 g/mol. The van der Waals surface area contributed by atoms with Crippen LogP contribution in [0.25, 0.3) is 0 Å². The molecule has 29 heavy (non-hydrogen) atoms. The molecule has 0 aliphatic carbocycles. The normalized spacial score (nSPS) is 14.1. The molecule has 150 valence electrons. The van der Waals surface area contributed by atoms with Crippen LogP contribution >= 0.6 is 11.5 Å². The molecule has 6 nitrogen and oxygen atoms in total. The fourth-order valence-corrected chi connectivity index (χ4v) is 3.85. The Hall–Kier alpha value is -3.07. The molecule has 4 rings (SSSR count). The lowest BCUT2D eigenvalue weighted by atomic mass is 10.1. The number of halogens is 2. The van der Waals surface area contributed by atoms with Crippen LogP contribution in [0, 0.1) is 11.6 Å². The highest BCUT2D eigenvalue weighted by Crippen LogP contribution is 2.21. The van der Waals surface area contributed by atoms with E-state index >= 15 is 0 Å². The Morgan fingerprint density at radius 1 is 1.07 bits per heavy atom. The van der Waals surface area contributed by atoms with E-state index in [2.05, 4.69) is 19.6 Å². The van der Waals surface area contributed by atoms with Gasteiger partial charge >= 0.3 is 6.03 Å². The highest BCUT2D eigenvalue weighted by molar-refractivity contribution is 7.09. The molecule has 1 saturated heterocycles. The van der Waals surface area contributed by atoms with E-state index in [1.165, 1.54) is 17.6 Å². The van der Waals surface area contributed by atoms with Gasteiger partial charge in [0, 0.05) is 50.2 Å². The SMILES string of the molecule is O=C(Nc1ccc(F)cc1F)N1CCN(c2nc(Cc3ccccc3)ns2)CC1. The summed E-state index contributed by atoms with van der Waals surface area (Å²) in [5, 5.41) is 3.33. The summed E-state index contributed by atoms with van der Waals surface area (Å²) in [5.74, 6) is -0.697. The zero-order chi connectivity index (χ0) is 20.2. The Balaban J connectivity index is 1.32. The van der Waals surface area contributed by atoms with Gasteiger partial charge in [-0.3, -0.25) is 0 Å². The van der Waals surface area contributed by atoms with E-state index in [1.807, 2.05) is 30.3 Å². The Morgan fingerprint density at radius 3 is 2.55 bits per heavy atom. The van der Waals surface area contributed by atoms with Gasteiger partial charge in [-0.25, -0.2) is 18.6 Å². The fraction of sp³-hybridized carbons (Fsp3) is 0.250. The van der Waals surface area contributed by atoms with Crippen molar-refractivity contribution in [2.45, 2.75) is 6.42 Å². The predicted octanol–water partition coefficient (Wildman–Crippen LogP) is 3.76. The van der Waals surface area contributed by atoms with Gasteiger partial charge in [0.25, 0.3) is 0 Å². The zero-order valence-corrected chi connectivity index (χ0v) is 16.3. The molecule has 1 N–H and O–H groups in total. The van der Waals surface area contributed by atoms with E-state index in [9.17, 15) is 13.6 Å². The van der Waals surface area contributed by atoms with Crippen LogP contribution in [0.2, 0.25) is 0 Å². The van der Waals surface area contributed by atoms with Crippen LogP contribution in [0.3, 0.4) is 0 Å². The van der Waals surface area contributed by atoms with Crippen molar-refractivity contribution in [1.82, 2.24) is 14.3 Å². The summed E-state index contributed by atoms with van der Waals surface area (Å²) in [5.41, 5.74) is 1.12. The number of carbonyl (C=O) groups excluding carboxylic acids is 1. The van der Waals surface area contributed by atoms with Gasteiger partial charge in [0.05, 0.1) is 5.69 Å². The van der Waals surface area contributed by atoms with Gasteiger partial charge in [-0.05, 0) is 17.7 Å². The van der Waals surface area contributed by atoms with E-state index in [4.69, 9.17) is 0 Å². The van der Waals surface area contributed by atoms with Crippen molar-refractivity contribution in [2.75, 3.05) is 36.4 Å². The smallest absolute Gasteiger partial charge is 0.322 e. The van der Waals surface area contributed by atoms with Crippen LogP contribution in [0.15, 0.2) is 48.5 Å². The second-order valence-corrected chi connectivity index (χ2v) is 7.41. The van der Waals surface area contributed by atoms with Crippen molar-refractivity contribution in [3.8, 4) is 0 Å². The quantitative estimate of drug-likeness (QED) is 0.705. The number of nitrogens with zero attached hydrogens (tertiary/aromatic N) is 4. The number of carbonyl (C=O) groups is 1. The van der Waals surface area contributed by atoms with E-state index in [-0.39, 0.29) is 5.69 Å². The summed E-state index contributed by atoms with van der Waals surface area (Å²) in [7, 11) is 0. The number of urea groups is 1. The number of rotatable bonds is 4. The first-order chi connectivity index (χ1) is 14.1. The van der Waals surface area contributed by atoms with Gasteiger partial charge in [-0.1, -0.05) is 30.3 Å². The molecule has 2 amide bonds. The lowest BCUT2D eigenvalue weighted by Gasteiger charge is -2.34. The first-order valence-electron chi connectivity index (χ1n) is 9.21. The molecule has 0 bridgehead atoms. The number of anilines is 2. The van der Waals surface area contributed by atoms with E-state index in [1.54, 1.807) is 4.90 Å². The number of aromatic nitrogens is 2. The van der Waals surface area contributed by atoms with Gasteiger partial charge in [-0.2, -0.15) is 4.37 Å². The van der Waals surface area contributed by atoms with Crippen LogP contribution in [0.4, 0.5) is 24.4 Å². The first-order valence-corrected chi connectivity index (χ1v) is 9.98. The molecule has 2 aromatic carbocycles. The third-order valence-electron chi connectivity index (χ3n) is 4.67. The molecule has 9 heteroatoms. The minimum atomic E-state index is -0.795. The number of hydrogen-bond donors (Lipinski definition) is 1. The van der Waals surface area contributed by atoms with Crippen molar-refractivity contribution in [1.29, 1.82) is 0 Å². The van der Waals surface area contributed by atoms with Gasteiger partial charge in [0.2, 0.25) is 5.13 Å². The number of amides is 2. The van der Waals surface area contributed by atoms with Crippen LogP contribution < -0.4 is 10.2 Å². The third kappa shape index (κ3) is 4.68.